The van der Waals surface area contributed by atoms with Crippen molar-refractivity contribution in [2.24, 2.45) is 5.73 Å². The van der Waals surface area contributed by atoms with Crippen molar-refractivity contribution in [3.05, 3.63) is 197 Å². The molecule has 26 heteroatoms. The van der Waals surface area contributed by atoms with E-state index >= 15 is 0 Å². The fourth-order valence-corrected chi connectivity index (χ4v) is 6.94. The zero-order valence-electron chi connectivity index (χ0n) is 55.4. The minimum atomic E-state index is -0.602. The number of nitrogens with one attached hydrogen (secondary N) is 2. The van der Waals surface area contributed by atoms with Crippen LogP contribution in [0.15, 0.2) is 121 Å². The number of non-ortho nitro benzene ring substituents is 4. The van der Waals surface area contributed by atoms with Gasteiger partial charge in [0.2, 0.25) is 0 Å². The third kappa shape index (κ3) is 37.4. The van der Waals surface area contributed by atoms with Crippen molar-refractivity contribution in [2.45, 2.75) is 156 Å². The molecule has 0 unspecified atom stereocenters. The molecule has 1 fully saturated rings. The quantitative estimate of drug-likeness (QED) is 0.0227. The Morgan fingerprint density at radius 3 is 1.07 bits per heavy atom. The Kier molecular flexibility index (Phi) is 41.7. The van der Waals surface area contributed by atoms with Gasteiger partial charge < -0.3 is 48.8 Å². The van der Waals surface area contributed by atoms with Gasteiger partial charge in [0.15, 0.2) is 0 Å². The van der Waals surface area contributed by atoms with Gasteiger partial charge in [0.05, 0.1) is 43.7 Å². The van der Waals surface area contributed by atoms with Gasteiger partial charge in [-0.25, -0.2) is 9.59 Å². The average molecular weight is 1360 g/mol. The number of nitriles is 2. The molecule has 0 saturated carbocycles. The van der Waals surface area contributed by atoms with E-state index in [2.05, 4.69) is 30.6 Å². The first-order chi connectivity index (χ1) is 40.7. The van der Waals surface area contributed by atoms with E-state index in [1.54, 1.807) is 90.1 Å². The molecule has 1 saturated heterocycles. The number of amides is 2. The molecule has 0 atom stereocenters. The Bertz CT molecular complexity index is 3040. The maximum absolute atomic E-state index is 11.7. The van der Waals surface area contributed by atoms with Gasteiger partial charge in [-0.3, -0.25) is 40.5 Å². The molecule has 6 rings (SSSR count). The van der Waals surface area contributed by atoms with Crippen molar-refractivity contribution >= 4 is 49.0 Å². The Hall–Kier alpha value is -8.37. The smallest absolute Gasteiger partial charge is 0.407 e. The molecule has 91 heavy (non-hydrogen) atoms. The van der Waals surface area contributed by atoms with Crippen LogP contribution in [0, 0.1) is 70.5 Å². The van der Waals surface area contributed by atoms with Crippen LogP contribution in [-0.4, -0.2) is 96.1 Å². The molecule has 0 spiro atoms. The van der Waals surface area contributed by atoms with Crippen molar-refractivity contribution in [1.82, 2.24) is 10.6 Å². The molecule has 24 nitrogen and oxygen atoms in total. The zero-order chi connectivity index (χ0) is 67.7. The Morgan fingerprint density at radius 2 is 0.824 bits per heavy atom. The van der Waals surface area contributed by atoms with Crippen LogP contribution >= 0.6 is 0 Å². The van der Waals surface area contributed by atoms with E-state index in [1.165, 1.54) is 61.4 Å². The average Bonchev–Trinajstić information content (AvgIpc) is 2.74. The van der Waals surface area contributed by atoms with Crippen molar-refractivity contribution < 1.29 is 69.0 Å². The van der Waals surface area contributed by atoms with Crippen LogP contribution in [0.5, 0.6) is 0 Å². The Labute approximate surface area is 552 Å². The number of nitro benzene ring substituents is 4. The molecular formula is C65H93BN10O14Pd-. The standard InChI is InChI=1S/C15H22N2O4.C15H24N2O2.C10H14N2O2.C10H10N2O2.C8H6N2O2.C4H8O.C2H6O.CH3.B.Pd/c1-14(2,3)21-13(18)16-10-15(4,5)11-6-8-12(9-7-11)17(19)20;1-14(2,3)19-13(18)17-10-15(4,5)11-6-8-12(16)9-7-11;2*1-10(2,7-11)8-3-5-9(6-4-8)12(13)14;9-6-5-7-1-3-8(4-2-7)10(11)12;1-2-4-5-3-1;1-2-3;;;/h6-9H,10H2,1-5H3,(H,16,18);6-9H,10,16H2,1-5H3,(H,17,18);3-6H,7,11H2,1-2H3;3-6H,1-2H3;1-4H,5H2;1-4H2;3H,2H2,1H3;1H3;;/q;;;;;;;-1;;. The van der Waals surface area contributed by atoms with E-state index in [-0.39, 0.29) is 88.3 Å². The van der Waals surface area contributed by atoms with Gasteiger partial charge in [-0.05, 0) is 115 Å². The second kappa shape index (κ2) is 42.6. The maximum Gasteiger partial charge on any atom is 0.407 e. The van der Waals surface area contributed by atoms with E-state index in [0.29, 0.717) is 19.6 Å². The molecule has 3 radical (unpaired) electrons. The summed E-state index contributed by atoms with van der Waals surface area (Å²) in [5.74, 6) is 0. The summed E-state index contributed by atoms with van der Waals surface area (Å²) in [6.45, 7) is 31.9. The number of alkyl carbamates (subject to hydrolysis) is 2. The summed E-state index contributed by atoms with van der Waals surface area (Å²) >= 11 is 0. The van der Waals surface area contributed by atoms with Crippen molar-refractivity contribution in [3.63, 3.8) is 0 Å². The number of anilines is 1. The summed E-state index contributed by atoms with van der Waals surface area (Å²) in [5, 5.41) is 71.9. The molecule has 5 aromatic carbocycles. The number of ether oxygens (including phenoxy) is 3. The Balaban J connectivity index is -0.000000505. The molecule has 501 valence electrons. The van der Waals surface area contributed by atoms with Crippen LogP contribution in [0.3, 0.4) is 0 Å². The number of nitrogens with zero attached hydrogens (tertiary/aromatic N) is 6. The molecule has 0 aromatic heterocycles. The summed E-state index contributed by atoms with van der Waals surface area (Å²) < 4.78 is 15.3. The van der Waals surface area contributed by atoms with Crippen molar-refractivity contribution in [1.29, 1.82) is 10.5 Å². The number of nitro groups is 4. The monoisotopic (exact) mass is 1350 g/mol. The first-order valence-corrected chi connectivity index (χ1v) is 28.2. The molecule has 1 aliphatic heterocycles. The molecule has 7 N–H and O–H groups in total. The molecular weight excluding hydrogens is 1260 g/mol. The largest absolute Gasteiger partial charge is 0.444 e. The van der Waals surface area contributed by atoms with Crippen LogP contribution in [0.2, 0.25) is 0 Å². The van der Waals surface area contributed by atoms with Crippen LogP contribution in [0.25, 0.3) is 0 Å². The summed E-state index contributed by atoms with van der Waals surface area (Å²) in [5.41, 5.74) is 14.6. The number of rotatable bonds is 14. The molecule has 0 aliphatic carbocycles. The summed E-state index contributed by atoms with van der Waals surface area (Å²) in [4.78, 5) is 63.2. The van der Waals surface area contributed by atoms with E-state index in [4.69, 9.17) is 41.3 Å². The fourth-order valence-electron chi connectivity index (χ4n) is 6.94. The van der Waals surface area contributed by atoms with Gasteiger partial charge in [-0.2, -0.15) is 10.5 Å². The van der Waals surface area contributed by atoms with E-state index in [1.807, 2.05) is 78.8 Å². The number of carbonyl (C=O) groups is 2. The number of nitrogen functional groups attached to an aromatic ring is 1. The van der Waals surface area contributed by atoms with Crippen molar-refractivity contribution in [3.8, 4) is 12.1 Å². The zero-order valence-corrected chi connectivity index (χ0v) is 57.0. The number of aliphatic hydroxyl groups is 1. The van der Waals surface area contributed by atoms with E-state index < -0.39 is 48.5 Å². The van der Waals surface area contributed by atoms with Crippen molar-refractivity contribution in [2.75, 3.05) is 45.2 Å². The first kappa shape index (κ1) is 89.1. The predicted octanol–water partition coefficient (Wildman–Crippen LogP) is 13.2. The SMILES string of the molecule is C1CCOC1.CC(C)(C#N)c1ccc([N+](=O)[O-])cc1.CC(C)(C)OC(=O)NCC(C)(C)c1ccc(N)cc1.CC(C)(C)OC(=O)NCC(C)(C)c1ccc([N+](=O)[O-])cc1.CC(C)(CN)c1ccc([N+](=O)[O-])cc1.CCO.N#CCc1ccc([N+](=O)[O-])cc1.[B].[CH3-].[Pd]. The van der Waals surface area contributed by atoms with Crippen LogP contribution < -0.4 is 22.1 Å². The predicted molar refractivity (Wildman–Crippen MR) is 353 cm³/mol. The van der Waals surface area contributed by atoms with Gasteiger partial charge in [-0.1, -0.05) is 102 Å². The number of nitrogens with two attached hydrogens (primary N) is 2. The van der Waals surface area contributed by atoms with Crippen LogP contribution in [0.4, 0.5) is 38.0 Å². The van der Waals surface area contributed by atoms with Gasteiger partial charge in [0.25, 0.3) is 22.7 Å². The van der Waals surface area contributed by atoms with Gasteiger partial charge >= 0.3 is 12.2 Å². The maximum atomic E-state index is 11.7. The Morgan fingerprint density at radius 1 is 0.549 bits per heavy atom. The molecule has 0 bridgehead atoms. The first-order valence-electron chi connectivity index (χ1n) is 28.2. The second-order valence-electron chi connectivity index (χ2n) is 24.2. The van der Waals surface area contributed by atoms with E-state index in [9.17, 15) is 50.0 Å². The fraction of sp³-hybridized carbons (Fsp3) is 0.462. The van der Waals surface area contributed by atoms with Crippen LogP contribution in [0.1, 0.15) is 145 Å². The van der Waals surface area contributed by atoms with Gasteiger partial charge in [0, 0.05) is 139 Å². The normalized spacial score (nSPS) is 11.3. The number of aliphatic hydroxyl groups excluding tert-OH is 1. The summed E-state index contributed by atoms with van der Waals surface area (Å²) in [7, 11) is 0. The molecule has 5 aromatic rings. The number of hydrogen-bond acceptors (Lipinski definition) is 18. The van der Waals surface area contributed by atoms with Gasteiger partial charge in [-0.15, -0.1) is 0 Å². The third-order valence-corrected chi connectivity index (χ3v) is 12.4. The van der Waals surface area contributed by atoms with Crippen LogP contribution in [-0.2, 0) is 62.7 Å². The number of benzene rings is 5. The molecule has 1 heterocycles. The third-order valence-electron chi connectivity index (χ3n) is 12.4. The number of carbonyl (C=O) groups excluding carboxylic acids is 2. The topological polar surface area (TPSA) is 378 Å². The molecule has 2 amide bonds. The minimum absolute atomic E-state index is 0. The number of hydrogen-bond donors (Lipinski definition) is 5. The molecule has 1 aliphatic rings. The second-order valence-corrected chi connectivity index (χ2v) is 24.2. The summed E-state index contributed by atoms with van der Waals surface area (Å²) in [6.07, 6.45) is 1.98. The summed E-state index contributed by atoms with van der Waals surface area (Å²) in [6, 6.07) is 36.7. The van der Waals surface area contributed by atoms with E-state index in [0.717, 1.165) is 46.7 Å². The minimum Gasteiger partial charge on any atom is -0.444 e. The van der Waals surface area contributed by atoms with Gasteiger partial charge in [0.1, 0.15) is 11.2 Å².